The van der Waals surface area contributed by atoms with E-state index in [0.717, 1.165) is 51.4 Å². The number of hydrogen-bond donors (Lipinski definition) is 4. The number of ketones is 1. The average molecular weight is 888 g/mol. The Balaban J connectivity index is 1.95. The SMILES string of the molecule is C#CCCNC(=O)C(=O)C(CC1CC1)NC(=O)[C@H](I)N(C[C@@H](C)C(C)C)C(=O)[C@@H](NC(=O)NC1(CS(=O)(=O)C(C)(C)C)CCCCC1)C1(C)CCCCC1. The van der Waals surface area contributed by atoms with E-state index in [1.54, 1.807) is 20.8 Å². The van der Waals surface area contributed by atoms with Gasteiger partial charge in [-0.25, -0.2) is 13.2 Å². The Labute approximate surface area is 338 Å². The molecule has 0 bridgehead atoms. The highest BCUT2D eigenvalue weighted by molar-refractivity contribution is 14.1. The molecule has 0 saturated heterocycles. The summed E-state index contributed by atoms with van der Waals surface area (Å²) in [5.74, 6) is 0.0526. The quantitative estimate of drug-likeness (QED) is 0.0356. The predicted octanol–water partition coefficient (Wildman–Crippen LogP) is 5.42. The number of nitrogens with one attached hydrogen (secondary N) is 4. The second kappa shape index (κ2) is 19.6. The number of urea groups is 1. The van der Waals surface area contributed by atoms with Crippen LogP contribution in [0.4, 0.5) is 4.79 Å². The lowest BCUT2D eigenvalue weighted by molar-refractivity contribution is -0.143. The number of carbonyl (C=O) groups is 5. The topological polar surface area (TPSA) is 171 Å². The minimum atomic E-state index is -3.59. The number of nitrogens with zero attached hydrogens (tertiary/aromatic N) is 1. The highest BCUT2D eigenvalue weighted by atomic mass is 127. The number of sulfone groups is 1. The lowest BCUT2D eigenvalue weighted by atomic mass is 9.70. The van der Waals surface area contributed by atoms with Gasteiger partial charge in [-0.15, -0.1) is 12.3 Å². The standard InChI is InChI=1S/C40H66IN5O7S/c1-9-10-23-42-34(48)31(47)30(24-29-17-18-29)43-35(49)33(41)46(25-28(4)27(2)3)36(50)32(39(8)19-13-11-14-20-39)44-37(51)45-40(21-15-12-16-22-40)26-54(52,53)38(5,6)7/h1,27-30,32-33H,10-26H2,2-8H3,(H,42,48)(H,43,49)(H2,44,45,51)/t28-,30?,32-,33-/m1/s1. The number of rotatable bonds is 18. The zero-order chi connectivity index (χ0) is 40.5. The molecular weight excluding hydrogens is 821 g/mol. The first-order valence-electron chi connectivity index (χ1n) is 20.0. The van der Waals surface area contributed by atoms with Crippen LogP contribution in [0.15, 0.2) is 0 Å². The van der Waals surface area contributed by atoms with Gasteiger partial charge in [-0.2, -0.15) is 0 Å². The molecule has 4 N–H and O–H groups in total. The van der Waals surface area contributed by atoms with E-state index in [9.17, 15) is 27.6 Å². The van der Waals surface area contributed by atoms with E-state index in [0.29, 0.717) is 32.1 Å². The maximum atomic E-state index is 15.0. The Morgan fingerprint density at radius 3 is 2.02 bits per heavy atom. The van der Waals surface area contributed by atoms with Crippen molar-refractivity contribution in [1.82, 2.24) is 26.2 Å². The van der Waals surface area contributed by atoms with Crippen molar-refractivity contribution in [1.29, 1.82) is 0 Å². The Hall–Kier alpha value is -2.41. The Morgan fingerprint density at radius 2 is 1.50 bits per heavy atom. The highest BCUT2D eigenvalue weighted by Crippen LogP contribution is 2.41. The molecule has 0 aromatic rings. The van der Waals surface area contributed by atoms with E-state index in [-0.39, 0.29) is 43.0 Å². The molecule has 0 aliphatic heterocycles. The lowest BCUT2D eigenvalue weighted by Gasteiger charge is -2.44. The summed E-state index contributed by atoms with van der Waals surface area (Å²) < 4.78 is 24.9. The third-order valence-electron chi connectivity index (χ3n) is 11.9. The van der Waals surface area contributed by atoms with Crippen molar-refractivity contribution in [2.45, 2.75) is 165 Å². The third kappa shape index (κ3) is 12.8. The molecule has 0 aromatic heterocycles. The number of Topliss-reactive ketones (excluding diaryl/α,β-unsaturated/α-hetero) is 1. The highest BCUT2D eigenvalue weighted by Gasteiger charge is 2.47. The summed E-state index contributed by atoms with van der Waals surface area (Å²) in [6.45, 7) is 13.5. The zero-order valence-corrected chi connectivity index (χ0v) is 36.6. The first kappa shape index (κ1) is 46.0. The van der Waals surface area contributed by atoms with E-state index in [2.05, 4.69) is 27.2 Å². The van der Waals surface area contributed by atoms with Crippen molar-refractivity contribution in [2.75, 3.05) is 18.8 Å². The summed E-state index contributed by atoms with van der Waals surface area (Å²) in [6, 6.07) is -2.66. The molecule has 54 heavy (non-hydrogen) atoms. The van der Waals surface area contributed by atoms with Crippen LogP contribution in [0, 0.1) is 35.5 Å². The molecule has 306 valence electrons. The van der Waals surface area contributed by atoms with Gasteiger partial charge in [-0.3, -0.25) is 19.2 Å². The fraction of sp³-hybridized carbons (Fsp3) is 0.825. The fourth-order valence-corrected chi connectivity index (χ4v) is 9.68. The van der Waals surface area contributed by atoms with E-state index in [4.69, 9.17) is 6.42 Å². The van der Waals surface area contributed by atoms with Crippen molar-refractivity contribution in [2.24, 2.45) is 23.2 Å². The zero-order valence-electron chi connectivity index (χ0n) is 33.7. The van der Waals surface area contributed by atoms with Crippen LogP contribution in [-0.4, -0.2) is 88.1 Å². The summed E-state index contributed by atoms with van der Waals surface area (Å²) >= 11 is 1.93. The molecule has 1 unspecified atom stereocenters. The molecule has 0 radical (unpaired) electrons. The van der Waals surface area contributed by atoms with E-state index in [1.807, 2.05) is 50.3 Å². The summed E-state index contributed by atoms with van der Waals surface area (Å²) in [5.41, 5.74) is -1.60. The van der Waals surface area contributed by atoms with Crippen LogP contribution in [0.2, 0.25) is 0 Å². The predicted molar refractivity (Wildman–Crippen MR) is 220 cm³/mol. The van der Waals surface area contributed by atoms with E-state index >= 15 is 4.79 Å². The largest absolute Gasteiger partial charge is 0.348 e. The van der Waals surface area contributed by atoms with Crippen molar-refractivity contribution in [3.05, 3.63) is 0 Å². The van der Waals surface area contributed by atoms with E-state index in [1.165, 1.54) is 4.90 Å². The summed E-state index contributed by atoms with van der Waals surface area (Å²) in [4.78, 5) is 70.8. The van der Waals surface area contributed by atoms with Gasteiger partial charge in [0.2, 0.25) is 11.7 Å². The Morgan fingerprint density at radius 1 is 0.926 bits per heavy atom. The normalized spacial score (nSPS) is 20.7. The van der Waals surface area contributed by atoms with Crippen LogP contribution in [0.3, 0.4) is 0 Å². The Bertz CT molecular complexity index is 1490. The van der Waals surface area contributed by atoms with Gasteiger partial charge < -0.3 is 26.2 Å². The van der Waals surface area contributed by atoms with Gasteiger partial charge in [-0.05, 0) is 98.6 Å². The molecule has 0 heterocycles. The first-order valence-corrected chi connectivity index (χ1v) is 22.9. The second-order valence-corrected chi connectivity index (χ2v) is 21.7. The van der Waals surface area contributed by atoms with Crippen molar-refractivity contribution in [3.8, 4) is 12.3 Å². The number of hydrogen-bond acceptors (Lipinski definition) is 7. The minimum absolute atomic E-state index is 0.0217. The molecule has 3 saturated carbocycles. The smallest absolute Gasteiger partial charge is 0.315 e. The van der Waals surface area contributed by atoms with Crippen molar-refractivity contribution < 1.29 is 32.4 Å². The van der Waals surface area contributed by atoms with Crippen LogP contribution in [0.5, 0.6) is 0 Å². The number of halogens is 1. The van der Waals surface area contributed by atoms with Gasteiger partial charge in [0.15, 0.2) is 13.9 Å². The summed E-state index contributed by atoms with van der Waals surface area (Å²) in [5, 5.41) is 11.5. The number of alkyl halides is 1. The number of carbonyl (C=O) groups excluding carboxylic acids is 5. The van der Waals surface area contributed by atoms with Crippen molar-refractivity contribution >= 4 is 62.0 Å². The van der Waals surface area contributed by atoms with Crippen LogP contribution >= 0.6 is 22.6 Å². The van der Waals surface area contributed by atoms with Gasteiger partial charge >= 0.3 is 6.03 Å². The summed E-state index contributed by atoms with van der Waals surface area (Å²) in [7, 11) is -3.59. The Kier molecular flexibility index (Phi) is 16.7. The van der Waals surface area contributed by atoms with Gasteiger partial charge in [0.1, 0.15) is 6.04 Å². The lowest BCUT2D eigenvalue weighted by Crippen LogP contribution is -2.65. The molecule has 3 aliphatic carbocycles. The van der Waals surface area contributed by atoms with Crippen LogP contribution in [0.1, 0.15) is 138 Å². The second-order valence-electron chi connectivity index (χ2n) is 17.8. The monoisotopic (exact) mass is 887 g/mol. The third-order valence-corrected chi connectivity index (χ3v) is 15.9. The molecule has 14 heteroatoms. The van der Waals surface area contributed by atoms with Crippen LogP contribution in [0.25, 0.3) is 0 Å². The molecule has 12 nitrogen and oxygen atoms in total. The molecule has 0 aromatic carbocycles. The van der Waals surface area contributed by atoms with Gasteiger partial charge in [0.05, 0.1) is 22.1 Å². The maximum absolute atomic E-state index is 15.0. The van der Waals surface area contributed by atoms with E-state index < -0.39 is 71.2 Å². The van der Waals surface area contributed by atoms with Gasteiger partial charge in [-0.1, -0.05) is 79.1 Å². The molecule has 3 aliphatic rings. The van der Waals surface area contributed by atoms with Gasteiger partial charge in [0.25, 0.3) is 11.8 Å². The fourth-order valence-electron chi connectivity index (χ4n) is 7.48. The molecular formula is C40H66IN5O7S. The molecule has 3 fully saturated rings. The van der Waals surface area contributed by atoms with Crippen LogP contribution in [-0.2, 0) is 29.0 Å². The van der Waals surface area contributed by atoms with Crippen LogP contribution < -0.4 is 21.3 Å². The maximum Gasteiger partial charge on any atom is 0.315 e. The molecule has 0 spiro atoms. The molecule has 3 rings (SSSR count). The number of terminal acetylenes is 1. The minimum Gasteiger partial charge on any atom is -0.348 e. The number of amides is 5. The molecule has 4 atom stereocenters. The molecule has 5 amide bonds. The van der Waals surface area contributed by atoms with Gasteiger partial charge in [0, 0.05) is 19.5 Å². The average Bonchev–Trinajstić information content (AvgIpc) is 3.92. The summed E-state index contributed by atoms with van der Waals surface area (Å²) in [6.07, 6.45) is 15.4. The van der Waals surface area contributed by atoms with Crippen molar-refractivity contribution in [3.63, 3.8) is 0 Å². The first-order chi connectivity index (χ1) is 25.1.